The molecular formula is C26H26N4O3. The topological polar surface area (TPSA) is 85.8 Å². The summed E-state index contributed by atoms with van der Waals surface area (Å²) in [5, 5.41) is 12.2. The molecule has 0 saturated carbocycles. The minimum Gasteiger partial charge on any atom is -0.465 e. The van der Waals surface area contributed by atoms with Gasteiger partial charge in [0.2, 0.25) is 5.91 Å². The summed E-state index contributed by atoms with van der Waals surface area (Å²) in [6, 6.07) is 20.3. The second kappa shape index (κ2) is 8.24. The number of anilines is 2. The summed E-state index contributed by atoms with van der Waals surface area (Å²) in [7, 11) is 0. The fraction of sp³-hybridized carbons (Fsp3) is 0.269. The van der Waals surface area contributed by atoms with E-state index in [2.05, 4.69) is 27.3 Å². The molecule has 3 heterocycles. The van der Waals surface area contributed by atoms with Gasteiger partial charge in [0.15, 0.2) is 0 Å². The molecule has 1 aromatic heterocycles. The third kappa shape index (κ3) is 3.80. The highest BCUT2D eigenvalue weighted by molar-refractivity contribution is 6.07. The summed E-state index contributed by atoms with van der Waals surface area (Å²) >= 11 is 0. The minimum atomic E-state index is -0.870. The molecule has 0 aliphatic carbocycles. The lowest BCUT2D eigenvalue weighted by molar-refractivity contribution is -0.120. The van der Waals surface area contributed by atoms with Gasteiger partial charge in [-0.25, -0.2) is 9.78 Å². The maximum atomic E-state index is 13.1. The van der Waals surface area contributed by atoms with Crippen LogP contribution in [-0.4, -0.2) is 53.2 Å². The zero-order chi connectivity index (χ0) is 23.0. The Kier molecular flexibility index (Phi) is 5.24. The fourth-order valence-electron chi connectivity index (χ4n) is 4.91. The predicted octanol–water partition coefficient (Wildman–Crippen LogP) is 4.00. The highest BCUT2D eigenvalue weighted by atomic mass is 16.4. The van der Waals surface area contributed by atoms with Gasteiger partial charge in [0, 0.05) is 43.6 Å². The van der Waals surface area contributed by atoms with Crippen LogP contribution in [0, 0.1) is 0 Å². The second-order valence-electron chi connectivity index (χ2n) is 8.84. The summed E-state index contributed by atoms with van der Waals surface area (Å²) in [5.41, 5.74) is 4.34. The van der Waals surface area contributed by atoms with Crippen molar-refractivity contribution in [2.75, 3.05) is 36.4 Å². The Bertz CT molecular complexity index is 1210. The number of nitrogens with one attached hydrogen (secondary N) is 1. The van der Waals surface area contributed by atoms with Crippen LogP contribution >= 0.6 is 0 Å². The molecule has 3 aromatic rings. The summed E-state index contributed by atoms with van der Waals surface area (Å²) in [4.78, 5) is 32.5. The van der Waals surface area contributed by atoms with E-state index in [1.165, 1.54) is 4.90 Å². The largest absolute Gasteiger partial charge is 0.465 e. The van der Waals surface area contributed by atoms with Crippen molar-refractivity contribution < 1.29 is 14.7 Å². The average Bonchev–Trinajstić information content (AvgIpc) is 3.09. The standard InChI is InChI=1S/C26H26N4O3/c1-26(17-18-6-3-2-4-7-18)22-21(10-11-27-23(22)28-24(26)31)19-8-5-9-20(16-19)29-12-14-30(15-13-29)25(32)33/h2-11,16H,12-15,17H2,1H3,(H,32,33)(H,27,28,31). The molecule has 0 spiro atoms. The summed E-state index contributed by atoms with van der Waals surface area (Å²) < 4.78 is 0. The lowest BCUT2D eigenvalue weighted by Crippen LogP contribution is -2.48. The molecule has 1 unspecified atom stereocenters. The number of carboxylic acid groups (broad SMARTS) is 1. The first-order valence-corrected chi connectivity index (χ1v) is 11.1. The number of piperazine rings is 1. The van der Waals surface area contributed by atoms with Crippen molar-refractivity contribution in [3.05, 3.63) is 78.0 Å². The summed E-state index contributed by atoms with van der Waals surface area (Å²) in [6.07, 6.45) is 1.45. The van der Waals surface area contributed by atoms with E-state index in [1.807, 2.05) is 55.5 Å². The van der Waals surface area contributed by atoms with Crippen LogP contribution in [0.4, 0.5) is 16.3 Å². The molecule has 2 aliphatic heterocycles. The minimum absolute atomic E-state index is 0.0396. The Morgan fingerprint density at radius 3 is 2.55 bits per heavy atom. The number of rotatable bonds is 4. The van der Waals surface area contributed by atoms with Gasteiger partial charge in [-0.1, -0.05) is 42.5 Å². The highest BCUT2D eigenvalue weighted by Gasteiger charge is 2.45. The van der Waals surface area contributed by atoms with Crippen molar-refractivity contribution in [1.29, 1.82) is 0 Å². The Hall–Kier alpha value is -3.87. The summed E-state index contributed by atoms with van der Waals surface area (Å²) in [6.45, 7) is 4.25. The van der Waals surface area contributed by atoms with Crippen LogP contribution < -0.4 is 10.2 Å². The van der Waals surface area contributed by atoms with Gasteiger partial charge in [-0.15, -0.1) is 0 Å². The van der Waals surface area contributed by atoms with Crippen LogP contribution in [0.1, 0.15) is 18.1 Å². The molecule has 1 atom stereocenters. The third-order valence-corrected chi connectivity index (χ3v) is 6.71. The number of hydrogen-bond donors (Lipinski definition) is 2. The van der Waals surface area contributed by atoms with Gasteiger partial charge in [-0.05, 0) is 48.2 Å². The molecule has 2 aromatic carbocycles. The van der Waals surface area contributed by atoms with E-state index in [0.29, 0.717) is 38.4 Å². The van der Waals surface area contributed by atoms with Crippen LogP contribution in [-0.2, 0) is 16.6 Å². The van der Waals surface area contributed by atoms with E-state index in [-0.39, 0.29) is 5.91 Å². The first kappa shape index (κ1) is 21.0. The maximum Gasteiger partial charge on any atom is 0.407 e. The number of nitrogens with zero attached hydrogens (tertiary/aromatic N) is 3. The van der Waals surface area contributed by atoms with Crippen molar-refractivity contribution in [3.63, 3.8) is 0 Å². The number of amides is 2. The first-order valence-electron chi connectivity index (χ1n) is 11.1. The lowest BCUT2D eigenvalue weighted by atomic mass is 9.76. The normalized spacial score (nSPS) is 19.8. The van der Waals surface area contributed by atoms with E-state index in [9.17, 15) is 14.7 Å². The van der Waals surface area contributed by atoms with Crippen LogP contribution in [0.3, 0.4) is 0 Å². The maximum absolute atomic E-state index is 13.1. The van der Waals surface area contributed by atoms with Gasteiger partial charge in [-0.3, -0.25) is 4.79 Å². The molecule has 2 N–H and O–H groups in total. The van der Waals surface area contributed by atoms with Gasteiger partial charge in [0.05, 0.1) is 5.41 Å². The average molecular weight is 443 g/mol. The smallest absolute Gasteiger partial charge is 0.407 e. The molecule has 7 heteroatoms. The third-order valence-electron chi connectivity index (χ3n) is 6.71. The van der Waals surface area contributed by atoms with E-state index in [1.54, 1.807) is 6.20 Å². The first-order chi connectivity index (χ1) is 16.0. The highest BCUT2D eigenvalue weighted by Crippen LogP contribution is 2.44. The molecule has 5 rings (SSSR count). The van der Waals surface area contributed by atoms with Crippen molar-refractivity contribution in [1.82, 2.24) is 9.88 Å². The molecule has 168 valence electrons. The Morgan fingerprint density at radius 1 is 1.06 bits per heavy atom. The number of hydrogen-bond acceptors (Lipinski definition) is 4. The van der Waals surface area contributed by atoms with Gasteiger partial charge in [-0.2, -0.15) is 0 Å². The van der Waals surface area contributed by atoms with Gasteiger partial charge < -0.3 is 20.2 Å². The van der Waals surface area contributed by atoms with Crippen LogP contribution in [0.15, 0.2) is 66.9 Å². The zero-order valence-corrected chi connectivity index (χ0v) is 18.5. The monoisotopic (exact) mass is 442 g/mol. The van der Waals surface area contributed by atoms with E-state index in [4.69, 9.17) is 0 Å². The van der Waals surface area contributed by atoms with Crippen LogP contribution in [0.2, 0.25) is 0 Å². The molecular weight excluding hydrogens is 416 g/mol. The van der Waals surface area contributed by atoms with Crippen LogP contribution in [0.5, 0.6) is 0 Å². The van der Waals surface area contributed by atoms with Crippen molar-refractivity contribution in [2.24, 2.45) is 0 Å². The number of carbonyl (C=O) groups is 2. The number of pyridine rings is 1. The van der Waals surface area contributed by atoms with Crippen molar-refractivity contribution in [2.45, 2.75) is 18.8 Å². The Balaban J connectivity index is 1.50. The molecule has 0 radical (unpaired) electrons. The SMILES string of the molecule is CC1(Cc2ccccc2)C(=O)Nc2nccc(-c3cccc(N4CCN(C(=O)O)CC4)c3)c21. The molecule has 1 fully saturated rings. The molecule has 0 bridgehead atoms. The molecule has 7 nitrogen and oxygen atoms in total. The van der Waals surface area contributed by atoms with E-state index in [0.717, 1.165) is 27.9 Å². The predicted molar refractivity (Wildman–Crippen MR) is 128 cm³/mol. The van der Waals surface area contributed by atoms with Crippen molar-refractivity contribution in [3.8, 4) is 11.1 Å². The fourth-order valence-corrected chi connectivity index (χ4v) is 4.91. The molecule has 33 heavy (non-hydrogen) atoms. The summed E-state index contributed by atoms with van der Waals surface area (Å²) in [5.74, 6) is 0.582. The molecule has 2 amide bonds. The van der Waals surface area contributed by atoms with Gasteiger partial charge in [0.1, 0.15) is 5.82 Å². The zero-order valence-electron chi connectivity index (χ0n) is 18.5. The second-order valence-corrected chi connectivity index (χ2v) is 8.84. The quantitative estimate of drug-likeness (QED) is 0.638. The number of aromatic nitrogens is 1. The van der Waals surface area contributed by atoms with Crippen molar-refractivity contribution >= 4 is 23.5 Å². The Labute approximate surface area is 192 Å². The number of carbonyl (C=O) groups excluding carboxylic acids is 1. The van der Waals surface area contributed by atoms with Gasteiger partial charge >= 0.3 is 6.09 Å². The molecule has 2 aliphatic rings. The van der Waals surface area contributed by atoms with E-state index >= 15 is 0 Å². The van der Waals surface area contributed by atoms with E-state index < -0.39 is 11.5 Å². The number of fused-ring (bicyclic) bond motifs is 1. The molecule has 1 saturated heterocycles. The van der Waals surface area contributed by atoms with Crippen LogP contribution in [0.25, 0.3) is 11.1 Å². The lowest BCUT2D eigenvalue weighted by Gasteiger charge is -2.34. The van der Waals surface area contributed by atoms with Gasteiger partial charge in [0.25, 0.3) is 0 Å². The Morgan fingerprint density at radius 2 is 1.82 bits per heavy atom. The number of benzene rings is 2.